The SMILES string of the molecule is CC1=C(CCCO)/C(=N/O)CCC1. The summed E-state index contributed by atoms with van der Waals surface area (Å²) in [7, 11) is 0. The molecule has 0 saturated carbocycles. The second-order valence-electron chi connectivity index (χ2n) is 3.49. The number of aliphatic hydroxyl groups is 1. The van der Waals surface area contributed by atoms with Crippen LogP contribution < -0.4 is 0 Å². The molecule has 1 aliphatic rings. The summed E-state index contributed by atoms with van der Waals surface area (Å²) in [5.74, 6) is 0. The minimum absolute atomic E-state index is 0.204. The lowest BCUT2D eigenvalue weighted by molar-refractivity contribution is 0.288. The van der Waals surface area contributed by atoms with Gasteiger partial charge in [0.15, 0.2) is 0 Å². The lowest BCUT2D eigenvalue weighted by atomic mass is 9.88. The van der Waals surface area contributed by atoms with Gasteiger partial charge < -0.3 is 10.3 Å². The van der Waals surface area contributed by atoms with Gasteiger partial charge in [-0.2, -0.15) is 0 Å². The number of hydrogen-bond donors (Lipinski definition) is 2. The predicted octanol–water partition coefficient (Wildman–Crippen LogP) is 2.09. The molecule has 0 aliphatic heterocycles. The Morgan fingerprint density at radius 1 is 1.38 bits per heavy atom. The number of hydrogen-bond acceptors (Lipinski definition) is 3. The minimum atomic E-state index is 0.204. The topological polar surface area (TPSA) is 52.8 Å². The van der Waals surface area contributed by atoms with Crippen molar-refractivity contribution in [2.45, 2.75) is 39.0 Å². The van der Waals surface area contributed by atoms with Gasteiger partial charge in [0.1, 0.15) is 0 Å². The highest BCUT2D eigenvalue weighted by Crippen LogP contribution is 2.25. The molecule has 0 aromatic carbocycles. The van der Waals surface area contributed by atoms with Crippen molar-refractivity contribution in [2.24, 2.45) is 5.16 Å². The lowest BCUT2D eigenvalue weighted by Gasteiger charge is -2.18. The molecule has 0 amide bonds. The molecule has 0 fully saturated rings. The highest BCUT2D eigenvalue weighted by atomic mass is 16.4. The third-order valence-corrected chi connectivity index (χ3v) is 2.53. The van der Waals surface area contributed by atoms with Gasteiger partial charge in [0.2, 0.25) is 0 Å². The molecular weight excluding hydrogens is 166 g/mol. The number of rotatable bonds is 3. The maximum atomic E-state index is 8.77. The molecule has 1 rings (SSSR count). The third kappa shape index (κ3) is 2.56. The molecule has 2 N–H and O–H groups in total. The van der Waals surface area contributed by atoms with E-state index in [1.165, 1.54) is 5.57 Å². The molecule has 13 heavy (non-hydrogen) atoms. The van der Waals surface area contributed by atoms with Gasteiger partial charge in [-0.05, 0) is 44.6 Å². The van der Waals surface area contributed by atoms with Gasteiger partial charge in [0.25, 0.3) is 0 Å². The van der Waals surface area contributed by atoms with E-state index in [1.54, 1.807) is 0 Å². The Balaban J connectivity index is 2.72. The van der Waals surface area contributed by atoms with E-state index >= 15 is 0 Å². The van der Waals surface area contributed by atoms with Crippen LogP contribution in [0.25, 0.3) is 0 Å². The standard InChI is InChI=1S/C10H17NO2/c1-8-4-2-6-10(11-13)9(8)5-3-7-12/h12-13H,2-7H2,1H3/b11-10+. The van der Waals surface area contributed by atoms with E-state index in [-0.39, 0.29) is 6.61 Å². The van der Waals surface area contributed by atoms with E-state index in [2.05, 4.69) is 12.1 Å². The zero-order valence-corrected chi connectivity index (χ0v) is 8.08. The summed E-state index contributed by atoms with van der Waals surface area (Å²) in [4.78, 5) is 0. The predicted molar refractivity (Wildman–Crippen MR) is 52.1 cm³/mol. The van der Waals surface area contributed by atoms with E-state index in [1.807, 2.05) is 0 Å². The maximum Gasteiger partial charge on any atom is 0.0827 e. The van der Waals surface area contributed by atoms with Crippen molar-refractivity contribution in [3.05, 3.63) is 11.1 Å². The van der Waals surface area contributed by atoms with Gasteiger partial charge in [-0.1, -0.05) is 10.7 Å². The first-order chi connectivity index (χ1) is 6.29. The summed E-state index contributed by atoms with van der Waals surface area (Å²) in [6.07, 6.45) is 4.63. The summed E-state index contributed by atoms with van der Waals surface area (Å²) in [6, 6.07) is 0. The fourth-order valence-corrected chi connectivity index (χ4v) is 1.79. The molecule has 0 unspecified atom stereocenters. The summed E-state index contributed by atoms with van der Waals surface area (Å²) in [5.41, 5.74) is 3.28. The van der Waals surface area contributed by atoms with Crippen LogP contribution in [0.5, 0.6) is 0 Å². The monoisotopic (exact) mass is 183 g/mol. The number of oxime groups is 1. The van der Waals surface area contributed by atoms with Crippen molar-refractivity contribution >= 4 is 5.71 Å². The Hall–Kier alpha value is -0.830. The van der Waals surface area contributed by atoms with Crippen LogP contribution in [0, 0.1) is 0 Å². The fourth-order valence-electron chi connectivity index (χ4n) is 1.79. The molecule has 3 nitrogen and oxygen atoms in total. The van der Waals surface area contributed by atoms with Crippen LogP contribution in [0.4, 0.5) is 0 Å². The van der Waals surface area contributed by atoms with Gasteiger partial charge in [0, 0.05) is 6.61 Å². The minimum Gasteiger partial charge on any atom is -0.411 e. The summed E-state index contributed by atoms with van der Waals surface area (Å²) >= 11 is 0. The average molecular weight is 183 g/mol. The molecule has 0 aromatic heterocycles. The summed E-state index contributed by atoms with van der Waals surface area (Å²) in [6.45, 7) is 2.28. The molecule has 3 heteroatoms. The first-order valence-electron chi connectivity index (χ1n) is 4.80. The molecule has 0 saturated heterocycles. The molecule has 0 atom stereocenters. The van der Waals surface area contributed by atoms with Gasteiger partial charge in [-0.3, -0.25) is 0 Å². The summed E-state index contributed by atoms with van der Waals surface area (Å²) < 4.78 is 0. The van der Waals surface area contributed by atoms with Crippen LogP contribution in [0.15, 0.2) is 16.3 Å². The number of nitrogens with zero attached hydrogens (tertiary/aromatic N) is 1. The van der Waals surface area contributed by atoms with Gasteiger partial charge >= 0.3 is 0 Å². The first-order valence-corrected chi connectivity index (χ1v) is 4.80. The van der Waals surface area contributed by atoms with E-state index in [4.69, 9.17) is 10.3 Å². The van der Waals surface area contributed by atoms with Crippen molar-refractivity contribution in [3.63, 3.8) is 0 Å². The molecule has 0 spiro atoms. The largest absolute Gasteiger partial charge is 0.411 e. The van der Waals surface area contributed by atoms with Crippen molar-refractivity contribution in [2.75, 3.05) is 6.61 Å². The van der Waals surface area contributed by atoms with E-state index < -0.39 is 0 Å². The van der Waals surface area contributed by atoms with E-state index in [9.17, 15) is 0 Å². The van der Waals surface area contributed by atoms with Crippen molar-refractivity contribution < 1.29 is 10.3 Å². The van der Waals surface area contributed by atoms with Crippen LogP contribution in [0.1, 0.15) is 39.0 Å². The Bertz CT molecular complexity index is 231. The van der Waals surface area contributed by atoms with Crippen molar-refractivity contribution in [1.82, 2.24) is 0 Å². The first kappa shape index (κ1) is 10.3. The Kier molecular flexibility index (Phi) is 3.96. The van der Waals surface area contributed by atoms with Crippen LogP contribution in [-0.2, 0) is 0 Å². The Labute approximate surface area is 78.8 Å². The fraction of sp³-hybridized carbons (Fsp3) is 0.700. The van der Waals surface area contributed by atoms with Crippen LogP contribution >= 0.6 is 0 Å². The van der Waals surface area contributed by atoms with E-state index in [0.29, 0.717) is 0 Å². The highest BCUT2D eigenvalue weighted by molar-refractivity contribution is 6.01. The maximum absolute atomic E-state index is 8.77. The van der Waals surface area contributed by atoms with Gasteiger partial charge in [-0.25, -0.2) is 0 Å². The second kappa shape index (κ2) is 5.02. The number of allylic oxidation sites excluding steroid dienone is 2. The van der Waals surface area contributed by atoms with Crippen molar-refractivity contribution in [3.8, 4) is 0 Å². The normalized spacial score (nSPS) is 21.2. The molecule has 0 aromatic rings. The van der Waals surface area contributed by atoms with Crippen LogP contribution in [-0.4, -0.2) is 22.6 Å². The van der Waals surface area contributed by atoms with Crippen LogP contribution in [0.2, 0.25) is 0 Å². The second-order valence-corrected chi connectivity index (χ2v) is 3.49. The Morgan fingerprint density at radius 2 is 2.15 bits per heavy atom. The smallest absolute Gasteiger partial charge is 0.0827 e. The Morgan fingerprint density at radius 3 is 2.77 bits per heavy atom. The van der Waals surface area contributed by atoms with Gasteiger partial charge in [0.05, 0.1) is 5.71 Å². The van der Waals surface area contributed by atoms with Crippen LogP contribution in [0.3, 0.4) is 0 Å². The number of aliphatic hydroxyl groups excluding tert-OH is 1. The lowest BCUT2D eigenvalue weighted by Crippen LogP contribution is -2.11. The summed E-state index contributed by atoms with van der Waals surface area (Å²) in [5, 5.41) is 20.8. The average Bonchev–Trinajstić information content (AvgIpc) is 2.15. The third-order valence-electron chi connectivity index (χ3n) is 2.53. The molecule has 0 bridgehead atoms. The molecule has 74 valence electrons. The molecule has 1 aliphatic carbocycles. The zero-order chi connectivity index (χ0) is 9.68. The van der Waals surface area contributed by atoms with E-state index in [0.717, 1.165) is 43.4 Å². The zero-order valence-electron chi connectivity index (χ0n) is 8.08. The quantitative estimate of drug-likeness (QED) is 0.520. The van der Waals surface area contributed by atoms with Crippen molar-refractivity contribution in [1.29, 1.82) is 0 Å². The molecule has 0 radical (unpaired) electrons. The molecular formula is C10H17NO2. The molecule has 0 heterocycles. The van der Waals surface area contributed by atoms with Gasteiger partial charge in [-0.15, -0.1) is 0 Å². The highest BCUT2D eigenvalue weighted by Gasteiger charge is 2.15.